The topological polar surface area (TPSA) is 12.0 Å². The normalized spacial score (nSPS) is 21.4. The molecular weight excluding hydrogens is 282 g/mol. The zero-order chi connectivity index (χ0) is 16.1. The van der Waals surface area contributed by atoms with Crippen LogP contribution in [0.4, 0.5) is 0 Å². The number of aryl methyl sites for hydroxylation is 2. The van der Waals surface area contributed by atoms with Gasteiger partial charge in [-0.1, -0.05) is 36.9 Å². The summed E-state index contributed by atoms with van der Waals surface area (Å²) in [6, 6.07) is 5.05. The third kappa shape index (κ3) is 2.96. The Balaban J connectivity index is 2.01. The summed E-state index contributed by atoms with van der Waals surface area (Å²) in [5.74, 6) is 0. The van der Waals surface area contributed by atoms with E-state index in [0.29, 0.717) is 5.54 Å². The van der Waals surface area contributed by atoms with Gasteiger partial charge in [0.1, 0.15) is 8.24 Å². The molecular formula is C20H31NSi. The minimum absolute atomic E-state index is 0.187. The molecule has 0 heterocycles. The van der Waals surface area contributed by atoms with E-state index < -0.39 is 8.24 Å². The van der Waals surface area contributed by atoms with Crippen LogP contribution in [0.5, 0.6) is 0 Å². The van der Waals surface area contributed by atoms with E-state index in [0.717, 1.165) is 0 Å². The van der Waals surface area contributed by atoms with Crippen molar-refractivity contribution in [3.8, 4) is 0 Å². The summed E-state index contributed by atoms with van der Waals surface area (Å²) in [6.07, 6.45) is 7.74. The van der Waals surface area contributed by atoms with E-state index in [4.69, 9.17) is 0 Å². The molecule has 0 aromatic heterocycles. The van der Waals surface area contributed by atoms with E-state index in [9.17, 15) is 0 Å². The molecule has 2 aliphatic carbocycles. The first-order valence-electron chi connectivity index (χ1n) is 8.81. The lowest BCUT2D eigenvalue weighted by Gasteiger charge is -2.39. The minimum atomic E-state index is -1.58. The molecule has 3 rings (SSSR count). The summed E-state index contributed by atoms with van der Waals surface area (Å²) in [6.45, 7) is 14.2. The van der Waals surface area contributed by atoms with Gasteiger partial charge in [0.25, 0.3) is 0 Å². The maximum atomic E-state index is 3.99. The lowest BCUT2D eigenvalue weighted by atomic mass is 9.88. The zero-order valence-electron chi connectivity index (χ0n) is 15.1. The van der Waals surface area contributed by atoms with Gasteiger partial charge in [0.15, 0.2) is 0 Å². The van der Waals surface area contributed by atoms with E-state index >= 15 is 0 Å². The summed E-state index contributed by atoms with van der Waals surface area (Å²) in [5.41, 5.74) is 8.70. The van der Waals surface area contributed by atoms with E-state index in [1.54, 1.807) is 22.3 Å². The number of nitrogens with one attached hydrogen (secondary N) is 1. The molecule has 0 radical (unpaired) electrons. The van der Waals surface area contributed by atoms with Crippen LogP contribution in [0.3, 0.4) is 0 Å². The van der Waals surface area contributed by atoms with Gasteiger partial charge in [0, 0.05) is 11.1 Å². The molecule has 0 spiro atoms. The molecule has 2 aliphatic rings. The van der Waals surface area contributed by atoms with Crippen LogP contribution < -0.4 is 4.98 Å². The highest BCUT2D eigenvalue weighted by atomic mass is 28.3. The first kappa shape index (κ1) is 16.0. The van der Waals surface area contributed by atoms with Crippen molar-refractivity contribution in [3.05, 3.63) is 40.0 Å². The Morgan fingerprint density at radius 1 is 1.05 bits per heavy atom. The fourth-order valence-electron chi connectivity index (χ4n) is 4.77. The van der Waals surface area contributed by atoms with Crippen molar-refractivity contribution in [1.82, 2.24) is 4.98 Å². The van der Waals surface area contributed by atoms with Crippen LogP contribution in [0.2, 0.25) is 13.1 Å². The summed E-state index contributed by atoms with van der Waals surface area (Å²) in [7, 11) is -1.58. The number of hydrogen-bond acceptors (Lipinski definition) is 1. The SMILES string of the molecule is CC1=Cc2cc3c(cc2C1[Si](C)(C)NC(C)(C)C)CCCC3. The van der Waals surface area contributed by atoms with Gasteiger partial charge < -0.3 is 4.98 Å². The molecule has 1 N–H and O–H groups in total. The Kier molecular flexibility index (Phi) is 3.89. The molecule has 1 nitrogen and oxygen atoms in total. The van der Waals surface area contributed by atoms with Crippen LogP contribution in [-0.4, -0.2) is 13.8 Å². The zero-order valence-corrected chi connectivity index (χ0v) is 16.1. The largest absolute Gasteiger partial charge is 0.332 e. The van der Waals surface area contributed by atoms with Crippen LogP contribution in [-0.2, 0) is 12.8 Å². The summed E-state index contributed by atoms with van der Waals surface area (Å²) >= 11 is 0. The Morgan fingerprint density at radius 2 is 1.64 bits per heavy atom. The third-order valence-corrected chi connectivity index (χ3v) is 8.72. The predicted molar refractivity (Wildman–Crippen MR) is 99.8 cm³/mol. The fraction of sp³-hybridized carbons (Fsp3) is 0.600. The molecule has 0 aliphatic heterocycles. The lowest BCUT2D eigenvalue weighted by molar-refractivity contribution is 0.508. The molecule has 0 amide bonds. The number of benzene rings is 1. The van der Waals surface area contributed by atoms with E-state index in [1.807, 2.05) is 0 Å². The van der Waals surface area contributed by atoms with Gasteiger partial charge in [-0.05, 0) is 75.6 Å². The smallest absolute Gasteiger partial charge is 0.131 e. The maximum absolute atomic E-state index is 3.99. The molecule has 1 atom stereocenters. The van der Waals surface area contributed by atoms with Gasteiger partial charge in [0.2, 0.25) is 0 Å². The number of rotatable bonds is 2. The van der Waals surface area contributed by atoms with E-state index in [2.05, 4.69) is 64.0 Å². The molecule has 1 aromatic carbocycles. The van der Waals surface area contributed by atoms with Crippen LogP contribution in [0, 0.1) is 0 Å². The number of allylic oxidation sites excluding steroid dienone is 1. The predicted octanol–water partition coefficient (Wildman–Crippen LogP) is 5.20. The number of hydrogen-bond donors (Lipinski definition) is 1. The fourth-order valence-corrected chi connectivity index (χ4v) is 9.10. The molecule has 0 fully saturated rings. The Morgan fingerprint density at radius 3 is 2.23 bits per heavy atom. The first-order valence-corrected chi connectivity index (χ1v) is 11.9. The molecule has 1 unspecified atom stereocenters. The summed E-state index contributed by atoms with van der Waals surface area (Å²) in [5, 5.41) is 0. The van der Waals surface area contributed by atoms with Crippen molar-refractivity contribution >= 4 is 14.3 Å². The highest BCUT2D eigenvalue weighted by Gasteiger charge is 2.40. The highest BCUT2D eigenvalue weighted by molar-refractivity contribution is 6.77. The van der Waals surface area contributed by atoms with Crippen molar-refractivity contribution in [2.45, 2.75) is 77.6 Å². The van der Waals surface area contributed by atoms with Crippen molar-refractivity contribution in [2.24, 2.45) is 0 Å². The number of fused-ring (bicyclic) bond motifs is 2. The molecule has 0 saturated heterocycles. The Bertz CT molecular complexity index is 619. The highest BCUT2D eigenvalue weighted by Crippen LogP contribution is 2.43. The minimum Gasteiger partial charge on any atom is -0.332 e. The molecule has 120 valence electrons. The van der Waals surface area contributed by atoms with Gasteiger partial charge in [-0.15, -0.1) is 0 Å². The summed E-state index contributed by atoms with van der Waals surface area (Å²) in [4.78, 5) is 3.99. The standard InChI is InChI=1S/C20H31NSi/c1-14-11-17-12-15-9-7-8-10-16(15)13-18(17)19(14)22(5,6)21-20(2,3)4/h11-13,19,21H,7-10H2,1-6H3. The van der Waals surface area contributed by atoms with Gasteiger partial charge in [0.05, 0.1) is 0 Å². The first-order chi connectivity index (χ1) is 10.2. The van der Waals surface area contributed by atoms with Crippen molar-refractivity contribution < 1.29 is 0 Å². The molecule has 0 bridgehead atoms. The molecule has 1 aromatic rings. The monoisotopic (exact) mass is 313 g/mol. The van der Waals surface area contributed by atoms with Gasteiger partial charge >= 0.3 is 0 Å². The van der Waals surface area contributed by atoms with E-state index in [-0.39, 0.29) is 5.54 Å². The second-order valence-corrected chi connectivity index (χ2v) is 13.1. The summed E-state index contributed by atoms with van der Waals surface area (Å²) < 4.78 is 0. The van der Waals surface area contributed by atoms with Crippen molar-refractivity contribution in [1.29, 1.82) is 0 Å². The van der Waals surface area contributed by atoms with Crippen molar-refractivity contribution in [2.75, 3.05) is 0 Å². The second kappa shape index (κ2) is 5.35. The molecule has 0 saturated carbocycles. The average Bonchev–Trinajstić information content (AvgIpc) is 2.68. The second-order valence-electron chi connectivity index (χ2n) is 8.87. The van der Waals surface area contributed by atoms with E-state index in [1.165, 1.54) is 31.2 Å². The quantitative estimate of drug-likeness (QED) is 0.740. The van der Waals surface area contributed by atoms with Crippen LogP contribution in [0.25, 0.3) is 6.08 Å². The third-order valence-electron chi connectivity index (χ3n) is 5.12. The molecule has 2 heteroatoms. The van der Waals surface area contributed by atoms with Crippen LogP contribution in [0.15, 0.2) is 17.7 Å². The maximum Gasteiger partial charge on any atom is 0.131 e. The van der Waals surface area contributed by atoms with Gasteiger partial charge in [-0.3, -0.25) is 0 Å². The molecule has 22 heavy (non-hydrogen) atoms. The van der Waals surface area contributed by atoms with Gasteiger partial charge in [-0.2, -0.15) is 0 Å². The lowest BCUT2D eigenvalue weighted by Crippen LogP contribution is -2.58. The Labute approximate surface area is 137 Å². The van der Waals surface area contributed by atoms with Crippen LogP contribution in [0.1, 0.15) is 68.3 Å². The van der Waals surface area contributed by atoms with Crippen molar-refractivity contribution in [3.63, 3.8) is 0 Å². The average molecular weight is 314 g/mol. The van der Waals surface area contributed by atoms with Crippen LogP contribution >= 0.6 is 0 Å². The Hall–Kier alpha value is -0.863. The van der Waals surface area contributed by atoms with Gasteiger partial charge in [-0.25, -0.2) is 0 Å².